The fourth-order valence-corrected chi connectivity index (χ4v) is 2.36. The molecule has 0 aliphatic heterocycles. The average molecular weight is 310 g/mol. The molecule has 4 N–H and O–H groups in total. The standard InChI is InChI=1S/C18H23BN2O2/c1-14-9-11-16(12-10-14)19(15-6-3-2-4-7-15)23-18(22)17(21)8-5-13-20/h2-4,6-7,9-12,17H,5,8,13,20-21H2,1H3. The summed E-state index contributed by atoms with van der Waals surface area (Å²) in [6.07, 6.45) is 1.24. The van der Waals surface area contributed by atoms with Gasteiger partial charge in [-0.25, -0.2) is 0 Å². The van der Waals surface area contributed by atoms with Crippen LogP contribution in [0.5, 0.6) is 0 Å². The summed E-state index contributed by atoms with van der Waals surface area (Å²) in [5, 5.41) is 0. The van der Waals surface area contributed by atoms with Crippen molar-refractivity contribution in [3.63, 3.8) is 0 Å². The zero-order valence-electron chi connectivity index (χ0n) is 13.4. The van der Waals surface area contributed by atoms with E-state index in [-0.39, 0.29) is 0 Å². The molecule has 23 heavy (non-hydrogen) atoms. The number of carbonyl (C=O) groups excluding carboxylic acids is 1. The molecule has 2 aromatic carbocycles. The Kier molecular flexibility index (Phi) is 6.38. The highest BCUT2D eigenvalue weighted by atomic mass is 16.5. The first kappa shape index (κ1) is 17.3. The molecule has 1 unspecified atom stereocenters. The molecule has 0 aromatic heterocycles. The van der Waals surface area contributed by atoms with Crippen molar-refractivity contribution >= 4 is 23.8 Å². The van der Waals surface area contributed by atoms with Crippen LogP contribution in [0.15, 0.2) is 54.6 Å². The molecule has 0 amide bonds. The summed E-state index contributed by atoms with van der Waals surface area (Å²) in [6.45, 7) is 2.09. The second kappa shape index (κ2) is 8.51. The molecule has 4 nitrogen and oxygen atoms in total. The smallest absolute Gasteiger partial charge is 0.429 e. The molecule has 120 valence electrons. The summed E-state index contributed by atoms with van der Waals surface area (Å²) in [4.78, 5) is 12.3. The first-order chi connectivity index (χ1) is 11.1. The summed E-state index contributed by atoms with van der Waals surface area (Å²) in [5.41, 5.74) is 14.4. The molecular formula is C18H23BN2O2. The van der Waals surface area contributed by atoms with E-state index in [0.29, 0.717) is 19.4 Å². The quantitative estimate of drug-likeness (QED) is 0.738. The van der Waals surface area contributed by atoms with Gasteiger partial charge in [0, 0.05) is 0 Å². The van der Waals surface area contributed by atoms with Crippen LogP contribution < -0.4 is 22.4 Å². The van der Waals surface area contributed by atoms with Gasteiger partial charge < -0.3 is 16.1 Å². The average Bonchev–Trinajstić information content (AvgIpc) is 2.59. The third-order valence-corrected chi connectivity index (χ3v) is 3.74. The van der Waals surface area contributed by atoms with Crippen LogP contribution in [0.2, 0.25) is 0 Å². The highest BCUT2D eigenvalue weighted by Gasteiger charge is 2.27. The predicted molar refractivity (Wildman–Crippen MR) is 95.0 cm³/mol. The lowest BCUT2D eigenvalue weighted by molar-refractivity contribution is -0.136. The fourth-order valence-electron chi connectivity index (χ4n) is 2.36. The van der Waals surface area contributed by atoms with E-state index in [4.69, 9.17) is 16.1 Å². The van der Waals surface area contributed by atoms with E-state index in [9.17, 15) is 4.79 Å². The number of hydrogen-bond acceptors (Lipinski definition) is 4. The molecule has 0 radical (unpaired) electrons. The van der Waals surface area contributed by atoms with Gasteiger partial charge >= 0.3 is 12.9 Å². The Morgan fingerprint density at radius 3 is 2.30 bits per heavy atom. The number of hydrogen-bond donors (Lipinski definition) is 2. The van der Waals surface area contributed by atoms with Gasteiger partial charge in [-0.1, -0.05) is 60.2 Å². The van der Waals surface area contributed by atoms with E-state index in [1.165, 1.54) is 0 Å². The van der Waals surface area contributed by atoms with Gasteiger partial charge in [0.05, 0.1) is 0 Å². The molecule has 0 saturated heterocycles. The summed E-state index contributed by atoms with van der Waals surface area (Å²) in [7, 11) is 0. The molecule has 2 aromatic rings. The monoisotopic (exact) mass is 310 g/mol. The second-order valence-electron chi connectivity index (χ2n) is 5.68. The predicted octanol–water partition coefficient (Wildman–Crippen LogP) is 0.710. The zero-order valence-corrected chi connectivity index (χ0v) is 13.4. The Morgan fingerprint density at radius 1 is 1.09 bits per heavy atom. The van der Waals surface area contributed by atoms with Gasteiger partial charge in [0.15, 0.2) is 0 Å². The van der Waals surface area contributed by atoms with Gasteiger partial charge in [0.1, 0.15) is 6.04 Å². The summed E-state index contributed by atoms with van der Waals surface area (Å²) in [5.74, 6) is -0.395. The Bertz CT molecular complexity index is 617. The van der Waals surface area contributed by atoms with E-state index in [1.807, 2.05) is 61.5 Å². The van der Waals surface area contributed by atoms with Crippen LogP contribution in [0.1, 0.15) is 18.4 Å². The van der Waals surface area contributed by atoms with Crippen LogP contribution >= 0.6 is 0 Å². The Labute approximate surface area is 137 Å². The van der Waals surface area contributed by atoms with Gasteiger partial charge in [0.2, 0.25) is 0 Å². The van der Waals surface area contributed by atoms with E-state index >= 15 is 0 Å². The summed E-state index contributed by atoms with van der Waals surface area (Å²) >= 11 is 0. The normalized spacial score (nSPS) is 11.8. The van der Waals surface area contributed by atoms with Crippen molar-refractivity contribution in [3.8, 4) is 0 Å². The number of benzene rings is 2. The topological polar surface area (TPSA) is 78.3 Å². The Hall–Kier alpha value is -2.11. The van der Waals surface area contributed by atoms with Crippen LogP contribution in [0.3, 0.4) is 0 Å². The Balaban J connectivity index is 2.21. The first-order valence-corrected chi connectivity index (χ1v) is 7.89. The molecular weight excluding hydrogens is 287 g/mol. The Morgan fingerprint density at radius 2 is 1.70 bits per heavy atom. The third kappa shape index (κ3) is 4.94. The van der Waals surface area contributed by atoms with E-state index in [1.54, 1.807) is 0 Å². The zero-order chi connectivity index (χ0) is 16.7. The molecule has 2 rings (SSSR count). The minimum Gasteiger partial charge on any atom is -0.525 e. The number of rotatable bonds is 7. The van der Waals surface area contributed by atoms with Crippen LogP contribution in [-0.2, 0) is 9.45 Å². The van der Waals surface area contributed by atoms with Crippen molar-refractivity contribution in [1.29, 1.82) is 0 Å². The van der Waals surface area contributed by atoms with Crippen LogP contribution in [0.4, 0.5) is 0 Å². The van der Waals surface area contributed by atoms with Crippen molar-refractivity contribution in [2.45, 2.75) is 25.8 Å². The van der Waals surface area contributed by atoms with E-state index in [0.717, 1.165) is 16.5 Å². The van der Waals surface area contributed by atoms with Gasteiger partial charge in [-0.05, 0) is 37.2 Å². The first-order valence-electron chi connectivity index (χ1n) is 7.89. The number of nitrogens with two attached hydrogens (primary N) is 2. The van der Waals surface area contributed by atoms with Crippen LogP contribution in [0.25, 0.3) is 0 Å². The maximum Gasteiger partial charge on any atom is 0.429 e. The molecule has 0 bridgehead atoms. The van der Waals surface area contributed by atoms with Crippen molar-refractivity contribution in [1.82, 2.24) is 0 Å². The SMILES string of the molecule is Cc1ccc(B(OC(=O)C(N)CCCN)c2ccccc2)cc1. The lowest BCUT2D eigenvalue weighted by Crippen LogP contribution is -2.49. The van der Waals surface area contributed by atoms with Gasteiger partial charge in [-0.2, -0.15) is 0 Å². The number of carbonyl (C=O) groups is 1. The maximum atomic E-state index is 12.3. The van der Waals surface area contributed by atoms with Gasteiger partial charge in [-0.15, -0.1) is 0 Å². The molecule has 0 aliphatic carbocycles. The summed E-state index contributed by atoms with van der Waals surface area (Å²) < 4.78 is 5.72. The van der Waals surface area contributed by atoms with E-state index < -0.39 is 18.9 Å². The molecule has 0 saturated carbocycles. The maximum absolute atomic E-state index is 12.3. The molecule has 0 heterocycles. The van der Waals surface area contributed by atoms with Crippen LogP contribution in [0, 0.1) is 6.92 Å². The van der Waals surface area contributed by atoms with Gasteiger partial charge in [-0.3, -0.25) is 4.79 Å². The largest absolute Gasteiger partial charge is 0.525 e. The molecule has 0 spiro atoms. The minimum atomic E-state index is -0.643. The molecule has 5 heteroatoms. The summed E-state index contributed by atoms with van der Waals surface area (Å²) in [6, 6.07) is 17.0. The lowest BCUT2D eigenvalue weighted by Gasteiger charge is -2.18. The lowest BCUT2D eigenvalue weighted by atomic mass is 9.55. The highest BCUT2D eigenvalue weighted by molar-refractivity contribution is 6.81. The third-order valence-electron chi connectivity index (χ3n) is 3.74. The molecule has 1 atom stereocenters. The van der Waals surface area contributed by atoms with Crippen molar-refractivity contribution < 1.29 is 9.45 Å². The van der Waals surface area contributed by atoms with Crippen molar-refractivity contribution in [3.05, 3.63) is 60.2 Å². The highest BCUT2D eigenvalue weighted by Crippen LogP contribution is 2.02. The second-order valence-corrected chi connectivity index (χ2v) is 5.68. The minimum absolute atomic E-state index is 0.395. The van der Waals surface area contributed by atoms with Gasteiger partial charge in [0.25, 0.3) is 0 Å². The number of aryl methyl sites for hydroxylation is 1. The molecule has 0 fully saturated rings. The van der Waals surface area contributed by atoms with Crippen molar-refractivity contribution in [2.75, 3.05) is 6.54 Å². The van der Waals surface area contributed by atoms with Crippen molar-refractivity contribution in [2.24, 2.45) is 11.5 Å². The fraction of sp³-hybridized carbons (Fsp3) is 0.278. The van der Waals surface area contributed by atoms with Crippen LogP contribution in [-0.4, -0.2) is 25.5 Å². The van der Waals surface area contributed by atoms with E-state index in [2.05, 4.69) is 0 Å². The molecule has 0 aliphatic rings.